The second kappa shape index (κ2) is 43.1. The molecule has 1 unspecified atom stereocenters. The Balaban J connectivity index is 4.53. The van der Waals surface area contributed by atoms with Crippen LogP contribution in [-0.2, 0) is 28.6 Å². The number of esters is 3. The van der Waals surface area contributed by atoms with E-state index in [1.807, 2.05) is 0 Å². The first kappa shape index (κ1) is 51.3. The highest BCUT2D eigenvalue weighted by Crippen LogP contribution is 2.10. The van der Waals surface area contributed by atoms with E-state index in [0.717, 1.165) is 70.6 Å². The number of rotatable bonds is 37. The molecule has 6 heteroatoms. The summed E-state index contributed by atoms with van der Waals surface area (Å²) in [6, 6.07) is 0. The van der Waals surface area contributed by atoms with E-state index < -0.39 is 12.1 Å². The highest BCUT2D eigenvalue weighted by molar-refractivity contribution is 5.71. The van der Waals surface area contributed by atoms with Crippen molar-refractivity contribution in [2.24, 2.45) is 0 Å². The highest BCUT2D eigenvalue weighted by Gasteiger charge is 2.19. The molecule has 1 atom stereocenters. The summed E-state index contributed by atoms with van der Waals surface area (Å²) in [5, 5.41) is 0. The van der Waals surface area contributed by atoms with Crippen LogP contribution in [0.2, 0.25) is 0 Å². The second-order valence-corrected chi connectivity index (χ2v) is 13.8. The predicted molar refractivity (Wildman–Crippen MR) is 233 cm³/mol. The SMILES string of the molecule is CC/C=C\C/C=C\C/C=C\CCCC(=O)OC(COC(=O)CCC/C=C\C/C=C\C/C=C\CCCCCCCC)COC(=O)CCCC/C=C\C/C=C\CC. The minimum Gasteiger partial charge on any atom is -0.462 e. The zero-order chi connectivity index (χ0) is 40.1. The number of carbonyl (C=O) groups is 3. The van der Waals surface area contributed by atoms with E-state index in [2.05, 4.69) is 118 Å². The van der Waals surface area contributed by atoms with Crippen LogP contribution in [0.5, 0.6) is 0 Å². The normalized spacial score (nSPS) is 13.0. The zero-order valence-corrected chi connectivity index (χ0v) is 35.1. The van der Waals surface area contributed by atoms with Crippen molar-refractivity contribution in [3.8, 4) is 0 Å². The quantitative estimate of drug-likeness (QED) is 0.0271. The van der Waals surface area contributed by atoms with Gasteiger partial charge in [0.05, 0.1) is 0 Å². The molecule has 0 fully saturated rings. The second-order valence-electron chi connectivity index (χ2n) is 13.8. The molecule has 0 saturated carbocycles. The Morgan fingerprint density at radius 1 is 0.382 bits per heavy atom. The summed E-state index contributed by atoms with van der Waals surface area (Å²) in [6.45, 7) is 6.22. The Hall–Kier alpha value is -3.67. The molecule has 0 aliphatic heterocycles. The van der Waals surface area contributed by atoms with Gasteiger partial charge >= 0.3 is 17.9 Å². The van der Waals surface area contributed by atoms with Gasteiger partial charge in [-0.1, -0.05) is 150 Å². The average Bonchev–Trinajstić information content (AvgIpc) is 3.18. The molecule has 0 aromatic heterocycles. The molecule has 0 radical (unpaired) electrons. The van der Waals surface area contributed by atoms with Gasteiger partial charge in [0.25, 0.3) is 0 Å². The molecule has 0 aliphatic carbocycles. The fourth-order valence-electron chi connectivity index (χ4n) is 5.34. The smallest absolute Gasteiger partial charge is 0.306 e. The molecule has 0 bridgehead atoms. The molecule has 55 heavy (non-hydrogen) atoms. The molecule has 0 saturated heterocycles. The van der Waals surface area contributed by atoms with Crippen molar-refractivity contribution >= 4 is 17.9 Å². The summed E-state index contributed by atoms with van der Waals surface area (Å²) >= 11 is 0. The maximum Gasteiger partial charge on any atom is 0.306 e. The van der Waals surface area contributed by atoms with Crippen LogP contribution in [0.3, 0.4) is 0 Å². The standard InChI is InChI=1S/C49H78O6/c1-4-7-10-13-16-19-21-22-23-24-25-26-28-30-33-36-39-42-48(51)54-45-46(44-53-47(50)41-38-35-32-29-18-15-12-9-6-3)55-49(52)43-40-37-34-31-27-20-17-14-11-8-5-2/h8-9,11-12,17-18,20,22-23,25-26,29-31,33-34,46H,4-7,10,13-16,19,21,24,27-28,32,35-45H2,1-3H3/b11-8-,12-9-,20-17-,23-22-,26-25-,29-18-,33-30-,34-31-. The van der Waals surface area contributed by atoms with Gasteiger partial charge in [0.1, 0.15) is 13.2 Å². The van der Waals surface area contributed by atoms with Gasteiger partial charge < -0.3 is 14.2 Å². The molecule has 6 nitrogen and oxygen atoms in total. The number of hydrogen-bond donors (Lipinski definition) is 0. The van der Waals surface area contributed by atoms with E-state index >= 15 is 0 Å². The minimum atomic E-state index is -0.834. The van der Waals surface area contributed by atoms with Crippen LogP contribution in [0.15, 0.2) is 97.2 Å². The van der Waals surface area contributed by atoms with Crippen LogP contribution in [0.1, 0.15) is 175 Å². The molecule has 0 N–H and O–H groups in total. The van der Waals surface area contributed by atoms with Crippen LogP contribution in [0.4, 0.5) is 0 Å². The topological polar surface area (TPSA) is 78.9 Å². The van der Waals surface area contributed by atoms with E-state index in [1.54, 1.807) is 0 Å². The fourth-order valence-corrected chi connectivity index (χ4v) is 5.34. The van der Waals surface area contributed by atoms with Crippen molar-refractivity contribution in [3.63, 3.8) is 0 Å². The molecule has 310 valence electrons. The molecule has 0 aromatic carbocycles. The first-order valence-electron chi connectivity index (χ1n) is 21.7. The number of carbonyl (C=O) groups excluding carboxylic acids is 3. The number of unbranched alkanes of at least 4 members (excludes halogenated alkanes) is 10. The molecule has 0 rings (SSSR count). The van der Waals surface area contributed by atoms with Crippen molar-refractivity contribution in [2.75, 3.05) is 13.2 Å². The van der Waals surface area contributed by atoms with Crippen LogP contribution >= 0.6 is 0 Å². The average molecular weight is 763 g/mol. The summed E-state index contributed by atoms with van der Waals surface area (Å²) in [5.41, 5.74) is 0. The lowest BCUT2D eigenvalue weighted by atomic mass is 10.1. The predicted octanol–water partition coefficient (Wildman–Crippen LogP) is 13.9. The third-order valence-electron chi connectivity index (χ3n) is 8.55. The summed E-state index contributed by atoms with van der Waals surface area (Å²) in [4.78, 5) is 37.5. The Bertz CT molecular complexity index is 1150. The van der Waals surface area contributed by atoms with Gasteiger partial charge in [-0.15, -0.1) is 0 Å². The van der Waals surface area contributed by atoms with Crippen molar-refractivity contribution in [1.29, 1.82) is 0 Å². The first-order valence-corrected chi connectivity index (χ1v) is 21.7. The van der Waals surface area contributed by atoms with Crippen LogP contribution in [-0.4, -0.2) is 37.2 Å². The first-order chi connectivity index (χ1) is 27.0. The van der Waals surface area contributed by atoms with E-state index in [-0.39, 0.29) is 38.0 Å². The molecule has 0 heterocycles. The van der Waals surface area contributed by atoms with Gasteiger partial charge in [-0.2, -0.15) is 0 Å². The summed E-state index contributed by atoms with van der Waals surface area (Å²) in [6.07, 6.45) is 55.7. The van der Waals surface area contributed by atoms with Gasteiger partial charge in [0.2, 0.25) is 0 Å². The van der Waals surface area contributed by atoms with Gasteiger partial charge in [-0.25, -0.2) is 0 Å². The van der Waals surface area contributed by atoms with Gasteiger partial charge in [0.15, 0.2) is 6.10 Å². The molecular formula is C49H78O6. The number of allylic oxidation sites excluding steroid dienone is 16. The number of ether oxygens (including phenoxy) is 3. The lowest BCUT2D eigenvalue weighted by Gasteiger charge is -2.18. The molecule has 0 amide bonds. The van der Waals surface area contributed by atoms with E-state index in [0.29, 0.717) is 25.7 Å². The maximum atomic E-state index is 12.6. The van der Waals surface area contributed by atoms with Crippen molar-refractivity contribution < 1.29 is 28.6 Å². The molecule has 0 aromatic rings. The third kappa shape index (κ3) is 41.3. The molecule has 0 aliphatic rings. The van der Waals surface area contributed by atoms with Crippen LogP contribution in [0, 0.1) is 0 Å². The lowest BCUT2D eigenvalue weighted by Crippen LogP contribution is -2.30. The van der Waals surface area contributed by atoms with E-state index in [9.17, 15) is 14.4 Å². The molecular weight excluding hydrogens is 685 g/mol. The Morgan fingerprint density at radius 3 is 1.18 bits per heavy atom. The largest absolute Gasteiger partial charge is 0.462 e. The summed E-state index contributed by atoms with van der Waals surface area (Å²) in [7, 11) is 0. The van der Waals surface area contributed by atoms with Crippen molar-refractivity contribution in [3.05, 3.63) is 97.2 Å². The Labute approximate surface area is 337 Å². The lowest BCUT2D eigenvalue weighted by molar-refractivity contribution is -0.167. The summed E-state index contributed by atoms with van der Waals surface area (Å²) in [5.74, 6) is -1.09. The zero-order valence-electron chi connectivity index (χ0n) is 35.1. The van der Waals surface area contributed by atoms with Crippen LogP contribution in [0.25, 0.3) is 0 Å². The monoisotopic (exact) mass is 763 g/mol. The van der Waals surface area contributed by atoms with E-state index in [1.165, 1.54) is 44.9 Å². The molecule has 0 spiro atoms. The van der Waals surface area contributed by atoms with Crippen molar-refractivity contribution in [1.82, 2.24) is 0 Å². The fraction of sp³-hybridized carbons (Fsp3) is 0.612. The van der Waals surface area contributed by atoms with Gasteiger partial charge in [-0.3, -0.25) is 14.4 Å². The van der Waals surface area contributed by atoms with Crippen molar-refractivity contribution in [2.45, 2.75) is 181 Å². The Kier molecular flexibility index (Phi) is 40.2. The Morgan fingerprint density at radius 2 is 0.727 bits per heavy atom. The highest BCUT2D eigenvalue weighted by atomic mass is 16.6. The van der Waals surface area contributed by atoms with Crippen LogP contribution < -0.4 is 0 Å². The third-order valence-corrected chi connectivity index (χ3v) is 8.55. The number of hydrogen-bond acceptors (Lipinski definition) is 6. The van der Waals surface area contributed by atoms with E-state index in [4.69, 9.17) is 14.2 Å². The van der Waals surface area contributed by atoms with Gasteiger partial charge in [0, 0.05) is 19.3 Å². The minimum absolute atomic E-state index is 0.133. The van der Waals surface area contributed by atoms with Gasteiger partial charge in [-0.05, 0) is 103 Å². The summed E-state index contributed by atoms with van der Waals surface area (Å²) < 4.78 is 16.5. The maximum absolute atomic E-state index is 12.6.